The number of hydrogen-bond acceptors (Lipinski definition) is 1. The van der Waals surface area contributed by atoms with Gasteiger partial charge in [0.15, 0.2) is 0 Å². The summed E-state index contributed by atoms with van der Waals surface area (Å²) >= 11 is 0. The fourth-order valence-electron chi connectivity index (χ4n) is 2.30. The molecule has 1 rings (SSSR count). The van der Waals surface area contributed by atoms with Gasteiger partial charge in [0.25, 0.3) is 0 Å². The topological polar surface area (TPSA) is 12.0 Å². The number of aryl methyl sites for hydroxylation is 2. The van der Waals surface area contributed by atoms with Crippen LogP contribution in [0.15, 0.2) is 18.2 Å². The number of hydrogen-bond donors (Lipinski definition) is 1. The van der Waals surface area contributed by atoms with Crippen LogP contribution in [0.3, 0.4) is 0 Å². The summed E-state index contributed by atoms with van der Waals surface area (Å²) in [6.45, 7) is 11.3. The minimum atomic E-state index is 0.380. The monoisotopic (exact) mass is 233 g/mol. The predicted octanol–water partition coefficient (Wildman–Crippen LogP) is 3.87. The van der Waals surface area contributed by atoms with Gasteiger partial charge in [-0.1, -0.05) is 44.5 Å². The Hall–Kier alpha value is -0.820. The molecule has 0 aliphatic carbocycles. The van der Waals surface area contributed by atoms with Crippen molar-refractivity contribution in [2.45, 2.75) is 53.5 Å². The fraction of sp³-hybridized carbons (Fsp3) is 0.625. The van der Waals surface area contributed by atoms with Crippen molar-refractivity contribution >= 4 is 0 Å². The summed E-state index contributed by atoms with van der Waals surface area (Å²) in [4.78, 5) is 0. The Morgan fingerprint density at radius 1 is 1.18 bits per heavy atom. The van der Waals surface area contributed by atoms with Gasteiger partial charge >= 0.3 is 0 Å². The minimum absolute atomic E-state index is 0.380. The van der Waals surface area contributed by atoms with E-state index in [9.17, 15) is 0 Å². The van der Waals surface area contributed by atoms with Crippen LogP contribution in [-0.2, 0) is 6.42 Å². The lowest BCUT2D eigenvalue weighted by molar-refractivity contribution is 0.315. The SMILES string of the molecule is CNC(Cc1cc(C)ccc1C)CC(C)(C)C. The molecule has 1 N–H and O–H groups in total. The second-order valence-corrected chi connectivity index (χ2v) is 6.38. The first-order chi connectivity index (χ1) is 7.81. The normalized spacial score (nSPS) is 13.8. The van der Waals surface area contributed by atoms with Gasteiger partial charge in [0.05, 0.1) is 0 Å². The molecule has 1 heteroatoms. The maximum atomic E-state index is 3.45. The van der Waals surface area contributed by atoms with Crippen molar-refractivity contribution in [3.05, 3.63) is 34.9 Å². The molecule has 0 fully saturated rings. The van der Waals surface area contributed by atoms with Gasteiger partial charge in [0, 0.05) is 6.04 Å². The molecule has 0 spiro atoms. The molecule has 0 amide bonds. The molecule has 96 valence electrons. The van der Waals surface area contributed by atoms with Crippen LogP contribution >= 0.6 is 0 Å². The van der Waals surface area contributed by atoms with E-state index >= 15 is 0 Å². The van der Waals surface area contributed by atoms with Crippen LogP contribution in [0, 0.1) is 19.3 Å². The molecule has 0 radical (unpaired) electrons. The maximum Gasteiger partial charge on any atom is 0.0110 e. The van der Waals surface area contributed by atoms with Crippen LogP contribution in [0.5, 0.6) is 0 Å². The third kappa shape index (κ3) is 4.91. The van der Waals surface area contributed by atoms with Gasteiger partial charge in [0.1, 0.15) is 0 Å². The first kappa shape index (κ1) is 14.2. The molecule has 0 saturated carbocycles. The molecule has 0 heterocycles. The summed E-state index contributed by atoms with van der Waals surface area (Å²) in [5, 5.41) is 3.45. The highest BCUT2D eigenvalue weighted by Gasteiger charge is 2.18. The van der Waals surface area contributed by atoms with Crippen molar-refractivity contribution in [1.29, 1.82) is 0 Å². The maximum absolute atomic E-state index is 3.45. The molecule has 17 heavy (non-hydrogen) atoms. The van der Waals surface area contributed by atoms with E-state index in [1.165, 1.54) is 23.1 Å². The van der Waals surface area contributed by atoms with Crippen LogP contribution in [0.1, 0.15) is 43.9 Å². The van der Waals surface area contributed by atoms with Gasteiger partial charge in [-0.05, 0) is 50.3 Å². The molecule has 0 bridgehead atoms. The zero-order chi connectivity index (χ0) is 13.1. The van der Waals surface area contributed by atoms with E-state index in [0.29, 0.717) is 11.5 Å². The Balaban J connectivity index is 2.77. The van der Waals surface area contributed by atoms with Gasteiger partial charge in [-0.3, -0.25) is 0 Å². The first-order valence-electron chi connectivity index (χ1n) is 6.55. The van der Waals surface area contributed by atoms with Crippen molar-refractivity contribution < 1.29 is 0 Å². The molecular weight excluding hydrogens is 206 g/mol. The summed E-state index contributed by atoms with van der Waals surface area (Å²) in [5.41, 5.74) is 4.63. The average molecular weight is 233 g/mol. The number of likely N-dealkylation sites (N-methyl/N-ethyl adjacent to an activating group) is 1. The Morgan fingerprint density at radius 2 is 1.82 bits per heavy atom. The highest BCUT2D eigenvalue weighted by atomic mass is 14.9. The second-order valence-electron chi connectivity index (χ2n) is 6.38. The van der Waals surface area contributed by atoms with E-state index < -0.39 is 0 Å². The van der Waals surface area contributed by atoms with Gasteiger partial charge in [-0.15, -0.1) is 0 Å². The summed E-state index contributed by atoms with van der Waals surface area (Å²) in [6.07, 6.45) is 2.33. The third-order valence-electron chi connectivity index (χ3n) is 3.24. The van der Waals surface area contributed by atoms with Crippen molar-refractivity contribution in [2.24, 2.45) is 5.41 Å². The van der Waals surface area contributed by atoms with Crippen molar-refractivity contribution in [3.8, 4) is 0 Å². The van der Waals surface area contributed by atoms with Crippen molar-refractivity contribution in [2.75, 3.05) is 7.05 Å². The molecule has 1 nitrogen and oxygen atoms in total. The molecule has 1 unspecified atom stereocenters. The molecular formula is C16H27N. The summed E-state index contributed by atoms with van der Waals surface area (Å²) in [5.74, 6) is 0. The Labute approximate surface area is 107 Å². The number of benzene rings is 1. The zero-order valence-electron chi connectivity index (χ0n) is 12.2. The Kier molecular flexibility index (Phi) is 4.76. The summed E-state index contributed by atoms with van der Waals surface area (Å²) in [6, 6.07) is 7.31. The Bertz CT molecular complexity index is 360. The Morgan fingerprint density at radius 3 is 2.35 bits per heavy atom. The van der Waals surface area contributed by atoms with E-state index in [2.05, 4.69) is 65.2 Å². The van der Waals surface area contributed by atoms with E-state index in [4.69, 9.17) is 0 Å². The highest BCUT2D eigenvalue weighted by Crippen LogP contribution is 2.23. The molecule has 1 aromatic carbocycles. The number of rotatable bonds is 4. The molecule has 0 aromatic heterocycles. The fourth-order valence-corrected chi connectivity index (χ4v) is 2.30. The molecule has 0 aliphatic rings. The van der Waals surface area contributed by atoms with Gasteiger partial charge in [-0.25, -0.2) is 0 Å². The lowest BCUT2D eigenvalue weighted by Gasteiger charge is -2.26. The quantitative estimate of drug-likeness (QED) is 0.832. The van der Waals surface area contributed by atoms with Crippen molar-refractivity contribution in [1.82, 2.24) is 5.32 Å². The zero-order valence-corrected chi connectivity index (χ0v) is 12.2. The van der Waals surface area contributed by atoms with Crippen LogP contribution in [0.4, 0.5) is 0 Å². The van der Waals surface area contributed by atoms with E-state index in [1.807, 2.05) is 0 Å². The summed E-state index contributed by atoms with van der Waals surface area (Å²) < 4.78 is 0. The third-order valence-corrected chi connectivity index (χ3v) is 3.24. The molecule has 1 aromatic rings. The molecule has 0 aliphatic heterocycles. The number of nitrogens with one attached hydrogen (secondary N) is 1. The van der Waals surface area contributed by atoms with Crippen molar-refractivity contribution in [3.63, 3.8) is 0 Å². The predicted molar refractivity (Wildman–Crippen MR) is 76.5 cm³/mol. The second kappa shape index (κ2) is 5.68. The first-order valence-corrected chi connectivity index (χ1v) is 6.55. The van der Waals surface area contributed by atoms with E-state index in [1.54, 1.807) is 0 Å². The smallest absolute Gasteiger partial charge is 0.0110 e. The van der Waals surface area contributed by atoms with Crippen LogP contribution < -0.4 is 5.32 Å². The van der Waals surface area contributed by atoms with Gasteiger partial charge in [0.2, 0.25) is 0 Å². The lowest BCUT2D eigenvalue weighted by Crippen LogP contribution is -2.32. The van der Waals surface area contributed by atoms with Gasteiger partial charge < -0.3 is 5.32 Å². The summed E-state index contributed by atoms with van der Waals surface area (Å²) in [7, 11) is 2.07. The van der Waals surface area contributed by atoms with Crippen LogP contribution in [0.25, 0.3) is 0 Å². The van der Waals surface area contributed by atoms with Crippen LogP contribution in [0.2, 0.25) is 0 Å². The molecule has 0 saturated heterocycles. The lowest BCUT2D eigenvalue weighted by atomic mass is 9.85. The highest BCUT2D eigenvalue weighted by molar-refractivity contribution is 5.31. The largest absolute Gasteiger partial charge is 0.317 e. The van der Waals surface area contributed by atoms with Gasteiger partial charge in [-0.2, -0.15) is 0 Å². The van der Waals surface area contributed by atoms with E-state index in [-0.39, 0.29) is 0 Å². The average Bonchev–Trinajstić information content (AvgIpc) is 2.20. The molecule has 1 atom stereocenters. The standard InChI is InChI=1S/C16H27N/c1-12-7-8-13(2)14(9-12)10-15(17-6)11-16(3,4)5/h7-9,15,17H,10-11H2,1-6H3. The van der Waals surface area contributed by atoms with Crippen LogP contribution in [-0.4, -0.2) is 13.1 Å². The minimum Gasteiger partial charge on any atom is -0.317 e. The van der Waals surface area contributed by atoms with E-state index in [0.717, 1.165) is 6.42 Å².